The molecule has 8 heteroatoms. The molecule has 1 aliphatic rings. The number of esters is 1. The second-order valence-electron chi connectivity index (χ2n) is 6.72. The van der Waals surface area contributed by atoms with Gasteiger partial charge in [0.25, 0.3) is 5.56 Å². The van der Waals surface area contributed by atoms with Crippen LogP contribution in [0.25, 0.3) is 10.9 Å². The molecular weight excluding hydrogens is 390 g/mol. The molecule has 0 saturated heterocycles. The molecule has 1 heterocycles. The van der Waals surface area contributed by atoms with Gasteiger partial charge in [0.2, 0.25) is 5.91 Å². The van der Waals surface area contributed by atoms with Crippen LogP contribution in [0.2, 0.25) is 0 Å². The van der Waals surface area contributed by atoms with Crippen molar-refractivity contribution < 1.29 is 14.3 Å². The van der Waals surface area contributed by atoms with Crippen LogP contribution >= 0.6 is 11.8 Å². The number of amides is 1. The molecule has 0 atom stereocenters. The van der Waals surface area contributed by atoms with Crippen molar-refractivity contribution >= 4 is 40.2 Å². The number of methoxy groups -OCH3 is 1. The van der Waals surface area contributed by atoms with Crippen LogP contribution in [-0.4, -0.2) is 34.3 Å². The lowest BCUT2D eigenvalue weighted by molar-refractivity contribution is -0.113. The Balaban J connectivity index is 1.48. The summed E-state index contributed by atoms with van der Waals surface area (Å²) in [6.07, 6.45) is 1.90. The van der Waals surface area contributed by atoms with E-state index in [1.165, 1.54) is 18.9 Å². The molecule has 0 spiro atoms. The molecule has 2 aromatic carbocycles. The molecule has 1 aromatic heterocycles. The van der Waals surface area contributed by atoms with Crippen molar-refractivity contribution in [3.8, 4) is 0 Å². The second-order valence-corrected chi connectivity index (χ2v) is 7.67. The molecule has 1 amide bonds. The number of hydrogen-bond acceptors (Lipinski definition) is 6. The van der Waals surface area contributed by atoms with Gasteiger partial charge in [-0.05, 0) is 49.2 Å². The maximum atomic E-state index is 12.8. The number of aromatic nitrogens is 2. The summed E-state index contributed by atoms with van der Waals surface area (Å²) in [4.78, 5) is 41.3. The van der Waals surface area contributed by atoms with Crippen molar-refractivity contribution in [1.82, 2.24) is 9.55 Å². The van der Waals surface area contributed by atoms with Crippen LogP contribution in [0.1, 0.15) is 29.2 Å². The van der Waals surface area contributed by atoms with Gasteiger partial charge in [0, 0.05) is 11.7 Å². The summed E-state index contributed by atoms with van der Waals surface area (Å²) < 4.78 is 6.37. The van der Waals surface area contributed by atoms with Crippen molar-refractivity contribution in [2.24, 2.45) is 0 Å². The quantitative estimate of drug-likeness (QED) is 0.382. The van der Waals surface area contributed by atoms with Gasteiger partial charge in [0.15, 0.2) is 5.16 Å². The number of carbonyl (C=O) groups excluding carboxylic acids is 2. The zero-order chi connectivity index (χ0) is 20.4. The van der Waals surface area contributed by atoms with E-state index in [4.69, 9.17) is 0 Å². The van der Waals surface area contributed by atoms with Crippen molar-refractivity contribution in [3.05, 3.63) is 64.4 Å². The van der Waals surface area contributed by atoms with Gasteiger partial charge in [0.1, 0.15) is 0 Å². The minimum absolute atomic E-state index is 0.0561. The summed E-state index contributed by atoms with van der Waals surface area (Å²) in [6.45, 7) is 0. The zero-order valence-electron chi connectivity index (χ0n) is 15.8. The topological polar surface area (TPSA) is 90.3 Å². The average molecular weight is 409 g/mol. The molecule has 1 N–H and O–H groups in total. The second kappa shape index (κ2) is 8.08. The van der Waals surface area contributed by atoms with E-state index in [0.29, 0.717) is 27.3 Å². The number of fused-ring (bicyclic) bond motifs is 1. The predicted octanol–water partition coefficient (Wildman–Crippen LogP) is 3.25. The molecule has 0 aliphatic heterocycles. The van der Waals surface area contributed by atoms with Crippen LogP contribution in [0.15, 0.2) is 58.5 Å². The normalized spacial score (nSPS) is 13.3. The Morgan fingerprint density at radius 3 is 2.59 bits per heavy atom. The minimum Gasteiger partial charge on any atom is -0.465 e. The fourth-order valence-corrected chi connectivity index (χ4v) is 3.88. The third kappa shape index (κ3) is 4.17. The molecule has 29 heavy (non-hydrogen) atoms. The molecular formula is C21H19N3O4S. The number of rotatable bonds is 6. The average Bonchev–Trinajstić information content (AvgIpc) is 3.57. The molecule has 3 aromatic rings. The number of benzene rings is 2. The standard InChI is InChI=1S/C21H19N3O4S/c1-28-20(27)13-6-8-14(9-7-13)22-18(25)12-29-21-23-17-5-3-2-4-16(17)19(26)24(21)15-10-11-15/h2-9,15H,10-12H2,1H3,(H,22,25). The third-order valence-electron chi connectivity index (χ3n) is 4.61. The number of anilines is 1. The predicted molar refractivity (Wildman–Crippen MR) is 111 cm³/mol. The van der Waals surface area contributed by atoms with E-state index in [9.17, 15) is 14.4 Å². The highest BCUT2D eigenvalue weighted by Crippen LogP contribution is 2.36. The highest BCUT2D eigenvalue weighted by molar-refractivity contribution is 7.99. The summed E-state index contributed by atoms with van der Waals surface area (Å²) >= 11 is 1.25. The number of carbonyl (C=O) groups is 2. The Bertz CT molecular complexity index is 1140. The van der Waals surface area contributed by atoms with Crippen LogP contribution in [0, 0.1) is 0 Å². The first kappa shape index (κ1) is 19.2. The first-order valence-corrected chi connectivity index (χ1v) is 10.2. The maximum Gasteiger partial charge on any atom is 0.337 e. The van der Waals surface area contributed by atoms with E-state index >= 15 is 0 Å². The van der Waals surface area contributed by atoms with Gasteiger partial charge in [-0.3, -0.25) is 14.2 Å². The van der Waals surface area contributed by atoms with Gasteiger partial charge >= 0.3 is 5.97 Å². The molecule has 4 rings (SSSR count). The lowest BCUT2D eigenvalue weighted by Gasteiger charge is -2.12. The number of nitrogens with zero attached hydrogens (tertiary/aromatic N) is 2. The van der Waals surface area contributed by atoms with Crippen LogP contribution in [-0.2, 0) is 9.53 Å². The Morgan fingerprint density at radius 2 is 1.90 bits per heavy atom. The van der Waals surface area contributed by atoms with Crippen molar-refractivity contribution in [2.45, 2.75) is 24.0 Å². The van der Waals surface area contributed by atoms with E-state index in [1.807, 2.05) is 12.1 Å². The van der Waals surface area contributed by atoms with E-state index in [1.54, 1.807) is 41.0 Å². The summed E-state index contributed by atoms with van der Waals surface area (Å²) in [5.41, 5.74) is 1.57. The molecule has 148 valence electrons. The van der Waals surface area contributed by atoms with Crippen LogP contribution in [0.4, 0.5) is 5.69 Å². The number of para-hydroxylation sites is 1. The van der Waals surface area contributed by atoms with Crippen molar-refractivity contribution in [1.29, 1.82) is 0 Å². The first-order chi connectivity index (χ1) is 14.1. The van der Waals surface area contributed by atoms with Gasteiger partial charge in [-0.2, -0.15) is 0 Å². The van der Waals surface area contributed by atoms with E-state index in [2.05, 4.69) is 15.0 Å². The summed E-state index contributed by atoms with van der Waals surface area (Å²) in [5, 5.41) is 3.94. The van der Waals surface area contributed by atoms with Crippen LogP contribution in [0.5, 0.6) is 0 Å². The fraction of sp³-hybridized carbons (Fsp3) is 0.238. The van der Waals surface area contributed by atoms with Gasteiger partial charge in [-0.1, -0.05) is 23.9 Å². The van der Waals surface area contributed by atoms with E-state index in [-0.39, 0.29) is 23.3 Å². The Kier molecular flexibility index (Phi) is 5.35. The highest BCUT2D eigenvalue weighted by Gasteiger charge is 2.28. The molecule has 1 aliphatic carbocycles. The Labute approximate surface area is 171 Å². The SMILES string of the molecule is COC(=O)c1ccc(NC(=O)CSc2nc3ccccc3c(=O)n2C2CC2)cc1. The smallest absolute Gasteiger partial charge is 0.337 e. The van der Waals surface area contributed by atoms with Gasteiger partial charge in [-0.15, -0.1) is 0 Å². The molecule has 0 bridgehead atoms. The first-order valence-electron chi connectivity index (χ1n) is 9.19. The maximum absolute atomic E-state index is 12.8. The van der Waals surface area contributed by atoms with Crippen molar-refractivity contribution in [2.75, 3.05) is 18.2 Å². The Hall–Kier alpha value is -3.13. The van der Waals surface area contributed by atoms with Gasteiger partial charge in [0.05, 0.1) is 29.3 Å². The van der Waals surface area contributed by atoms with E-state index in [0.717, 1.165) is 12.8 Å². The third-order valence-corrected chi connectivity index (χ3v) is 5.56. The lowest BCUT2D eigenvalue weighted by atomic mass is 10.2. The van der Waals surface area contributed by atoms with Crippen LogP contribution in [0.3, 0.4) is 0 Å². The molecule has 7 nitrogen and oxygen atoms in total. The lowest BCUT2D eigenvalue weighted by Crippen LogP contribution is -2.23. The summed E-state index contributed by atoms with van der Waals surface area (Å²) in [5.74, 6) is -0.527. The largest absolute Gasteiger partial charge is 0.465 e. The Morgan fingerprint density at radius 1 is 1.17 bits per heavy atom. The van der Waals surface area contributed by atoms with Crippen molar-refractivity contribution in [3.63, 3.8) is 0 Å². The number of hydrogen-bond donors (Lipinski definition) is 1. The van der Waals surface area contributed by atoms with Gasteiger partial charge < -0.3 is 10.1 Å². The molecule has 1 saturated carbocycles. The monoisotopic (exact) mass is 409 g/mol. The summed E-state index contributed by atoms with van der Waals surface area (Å²) in [6, 6.07) is 13.9. The van der Waals surface area contributed by atoms with Crippen LogP contribution < -0.4 is 10.9 Å². The number of ether oxygens (including phenoxy) is 1. The number of thioether (sulfide) groups is 1. The summed E-state index contributed by atoms with van der Waals surface area (Å²) in [7, 11) is 1.32. The number of nitrogens with one attached hydrogen (secondary N) is 1. The molecule has 0 radical (unpaired) electrons. The zero-order valence-corrected chi connectivity index (χ0v) is 16.6. The van der Waals surface area contributed by atoms with E-state index < -0.39 is 5.97 Å². The molecule has 1 fully saturated rings. The highest BCUT2D eigenvalue weighted by atomic mass is 32.2. The van der Waals surface area contributed by atoms with Gasteiger partial charge in [-0.25, -0.2) is 9.78 Å². The fourth-order valence-electron chi connectivity index (χ4n) is 3.02. The minimum atomic E-state index is -0.432. The molecule has 0 unspecified atom stereocenters.